The van der Waals surface area contributed by atoms with E-state index in [1.807, 2.05) is 0 Å². The van der Waals surface area contributed by atoms with Crippen molar-refractivity contribution in [2.24, 2.45) is 0 Å². The van der Waals surface area contributed by atoms with Crippen LogP contribution in [0.5, 0.6) is 0 Å². The van der Waals surface area contributed by atoms with Crippen molar-refractivity contribution in [3.05, 3.63) is 23.3 Å². The Balaban J connectivity index is 4.12. The maximum absolute atomic E-state index is 4.16. The molecule has 0 fully saturated rings. The average molecular weight is 196 g/mol. The van der Waals surface area contributed by atoms with Crippen molar-refractivity contribution in [3.8, 4) is 0 Å². The van der Waals surface area contributed by atoms with E-state index >= 15 is 0 Å². The molecule has 76 valence electrons. The number of hydrogen-bond acceptors (Lipinski definition) is 0. The van der Waals surface area contributed by atoms with E-state index in [4.69, 9.17) is 0 Å². The maximum Gasteiger partial charge on any atom is 0.0483 e. The van der Waals surface area contributed by atoms with E-state index in [2.05, 4.69) is 47.0 Å². The molecule has 0 bridgehead atoms. The lowest BCUT2D eigenvalue weighted by Gasteiger charge is -2.18. The van der Waals surface area contributed by atoms with Crippen LogP contribution in [0.25, 0.3) is 0 Å². The van der Waals surface area contributed by atoms with Gasteiger partial charge in [0.05, 0.1) is 0 Å². The number of allylic oxidation sites excluding steroid dienone is 3. The van der Waals surface area contributed by atoms with Crippen LogP contribution in [0, 0.1) is 0 Å². The van der Waals surface area contributed by atoms with Crippen LogP contribution < -0.4 is 0 Å². The highest BCUT2D eigenvalue weighted by atomic mass is 28.3. The molecule has 0 heterocycles. The minimum Gasteiger partial charge on any atom is -0.0998 e. The molecule has 0 nitrogen and oxygen atoms in total. The standard InChI is InChI=1S/C12H24Si/c1-10(2)12(4)8-11(3)9-13(5,6)7/h3,8-9H2,1-2,4-7H3. The predicted molar refractivity (Wildman–Crippen MR) is 66.0 cm³/mol. The van der Waals surface area contributed by atoms with Crippen LogP contribution in [0.15, 0.2) is 23.3 Å². The zero-order valence-electron chi connectivity index (χ0n) is 10.1. The summed E-state index contributed by atoms with van der Waals surface area (Å²) in [5, 5.41) is 0. The molecule has 1 heteroatoms. The summed E-state index contributed by atoms with van der Waals surface area (Å²) in [7, 11) is -0.944. The van der Waals surface area contributed by atoms with Crippen LogP contribution in [0.2, 0.25) is 25.7 Å². The molecule has 0 aliphatic carbocycles. The summed E-state index contributed by atoms with van der Waals surface area (Å²) in [4.78, 5) is 0. The van der Waals surface area contributed by atoms with E-state index in [1.165, 1.54) is 22.8 Å². The Labute approximate surface area is 84.8 Å². The fraction of sp³-hybridized carbons (Fsp3) is 0.667. The van der Waals surface area contributed by atoms with Gasteiger partial charge in [0, 0.05) is 8.07 Å². The van der Waals surface area contributed by atoms with Gasteiger partial charge in [-0.25, -0.2) is 0 Å². The van der Waals surface area contributed by atoms with Gasteiger partial charge >= 0.3 is 0 Å². The first-order valence-electron chi connectivity index (χ1n) is 5.02. The van der Waals surface area contributed by atoms with Gasteiger partial charge in [0.1, 0.15) is 0 Å². The Bertz CT molecular complexity index is 212. The first-order chi connectivity index (χ1) is 5.72. The summed E-state index contributed by atoms with van der Waals surface area (Å²) in [6.45, 7) is 17.9. The van der Waals surface area contributed by atoms with Gasteiger partial charge in [0.25, 0.3) is 0 Å². The summed E-state index contributed by atoms with van der Waals surface area (Å²) in [6, 6.07) is 1.26. The van der Waals surface area contributed by atoms with Crippen LogP contribution in [-0.2, 0) is 0 Å². The second-order valence-electron chi connectivity index (χ2n) is 5.44. The van der Waals surface area contributed by atoms with Crippen molar-refractivity contribution < 1.29 is 0 Å². The van der Waals surface area contributed by atoms with Gasteiger partial charge in [-0.2, -0.15) is 0 Å². The minimum absolute atomic E-state index is 0.944. The molecule has 0 atom stereocenters. The van der Waals surface area contributed by atoms with Gasteiger partial charge in [-0.3, -0.25) is 0 Å². The molecule has 0 aromatic carbocycles. The second-order valence-corrected chi connectivity index (χ2v) is 10.9. The van der Waals surface area contributed by atoms with Gasteiger partial charge in [-0.15, -0.1) is 0 Å². The van der Waals surface area contributed by atoms with Crippen LogP contribution in [-0.4, -0.2) is 8.07 Å². The fourth-order valence-electron chi connectivity index (χ4n) is 1.36. The van der Waals surface area contributed by atoms with Crippen LogP contribution in [0.1, 0.15) is 27.2 Å². The molecule has 0 aliphatic rings. The van der Waals surface area contributed by atoms with Crippen LogP contribution in [0.3, 0.4) is 0 Å². The van der Waals surface area contributed by atoms with Gasteiger partial charge in [-0.1, -0.05) is 42.9 Å². The van der Waals surface area contributed by atoms with E-state index in [0.717, 1.165) is 6.42 Å². The summed E-state index contributed by atoms with van der Waals surface area (Å²) in [5.74, 6) is 0. The van der Waals surface area contributed by atoms with Crippen molar-refractivity contribution in [1.29, 1.82) is 0 Å². The molecular formula is C12H24Si. The normalized spacial score (nSPS) is 11.2. The van der Waals surface area contributed by atoms with E-state index in [9.17, 15) is 0 Å². The zero-order chi connectivity index (χ0) is 10.6. The van der Waals surface area contributed by atoms with Gasteiger partial charge < -0.3 is 0 Å². The molecule has 0 aliphatic heterocycles. The molecule has 0 spiro atoms. The zero-order valence-corrected chi connectivity index (χ0v) is 11.1. The highest BCUT2D eigenvalue weighted by Gasteiger charge is 2.14. The first-order valence-corrected chi connectivity index (χ1v) is 8.72. The molecule has 0 aromatic rings. The Morgan fingerprint density at radius 3 is 1.85 bits per heavy atom. The maximum atomic E-state index is 4.16. The van der Waals surface area contributed by atoms with Crippen molar-refractivity contribution >= 4 is 8.07 Å². The lowest BCUT2D eigenvalue weighted by atomic mass is 10.1. The second kappa shape index (κ2) is 4.80. The summed E-state index contributed by atoms with van der Waals surface area (Å²) in [5.41, 5.74) is 4.35. The largest absolute Gasteiger partial charge is 0.0998 e. The molecule has 0 N–H and O–H groups in total. The van der Waals surface area contributed by atoms with Crippen molar-refractivity contribution in [2.45, 2.75) is 52.9 Å². The highest BCUT2D eigenvalue weighted by Crippen LogP contribution is 2.21. The Hall–Kier alpha value is -0.303. The number of hydrogen-bond donors (Lipinski definition) is 0. The Kier molecular flexibility index (Phi) is 4.69. The third kappa shape index (κ3) is 6.82. The third-order valence-corrected chi connectivity index (χ3v) is 3.71. The minimum atomic E-state index is -0.944. The molecule has 13 heavy (non-hydrogen) atoms. The highest BCUT2D eigenvalue weighted by molar-refractivity contribution is 6.76. The van der Waals surface area contributed by atoms with E-state index < -0.39 is 8.07 Å². The van der Waals surface area contributed by atoms with Crippen molar-refractivity contribution in [3.63, 3.8) is 0 Å². The molecular weight excluding hydrogens is 172 g/mol. The predicted octanol–water partition coefficient (Wildman–Crippen LogP) is 4.63. The number of rotatable bonds is 4. The lowest BCUT2D eigenvalue weighted by Crippen LogP contribution is -2.19. The third-order valence-electron chi connectivity index (χ3n) is 2.15. The smallest absolute Gasteiger partial charge is 0.0483 e. The SMILES string of the molecule is C=C(CC(C)=C(C)C)C[Si](C)(C)C. The first kappa shape index (κ1) is 12.7. The van der Waals surface area contributed by atoms with Gasteiger partial charge in [-0.05, 0) is 33.2 Å². The molecule has 0 radical (unpaired) electrons. The van der Waals surface area contributed by atoms with E-state index in [0.29, 0.717) is 0 Å². The van der Waals surface area contributed by atoms with Crippen LogP contribution in [0.4, 0.5) is 0 Å². The molecule has 0 saturated carbocycles. The van der Waals surface area contributed by atoms with E-state index in [-0.39, 0.29) is 0 Å². The molecule has 0 unspecified atom stereocenters. The van der Waals surface area contributed by atoms with Crippen LogP contribution >= 0.6 is 0 Å². The van der Waals surface area contributed by atoms with Crippen molar-refractivity contribution in [2.75, 3.05) is 0 Å². The van der Waals surface area contributed by atoms with Crippen molar-refractivity contribution in [1.82, 2.24) is 0 Å². The quantitative estimate of drug-likeness (QED) is 0.454. The Morgan fingerprint density at radius 2 is 1.54 bits per heavy atom. The molecule has 0 amide bonds. The van der Waals surface area contributed by atoms with Gasteiger partial charge in [0.15, 0.2) is 0 Å². The monoisotopic (exact) mass is 196 g/mol. The van der Waals surface area contributed by atoms with Gasteiger partial charge in [0.2, 0.25) is 0 Å². The summed E-state index contributed by atoms with van der Waals surface area (Å²) < 4.78 is 0. The summed E-state index contributed by atoms with van der Waals surface area (Å²) >= 11 is 0. The summed E-state index contributed by atoms with van der Waals surface area (Å²) in [6.07, 6.45) is 1.10. The molecule has 0 aromatic heterocycles. The average Bonchev–Trinajstić information content (AvgIpc) is 1.81. The fourth-order valence-corrected chi connectivity index (χ4v) is 2.99. The molecule has 0 rings (SSSR count). The topological polar surface area (TPSA) is 0 Å². The lowest BCUT2D eigenvalue weighted by molar-refractivity contribution is 1.06. The Morgan fingerprint density at radius 1 is 1.08 bits per heavy atom. The molecule has 0 saturated heterocycles. The van der Waals surface area contributed by atoms with E-state index in [1.54, 1.807) is 0 Å².